The van der Waals surface area contributed by atoms with Gasteiger partial charge >= 0.3 is 0 Å². The SMILES string of the molecule is CCCNC(CSc1nc(C)ns1)(C(N)=O)C1CC1. The molecule has 1 atom stereocenters. The number of hydrogen-bond donors (Lipinski definition) is 2. The van der Waals surface area contributed by atoms with Crippen molar-refractivity contribution in [2.45, 2.75) is 43.0 Å². The Bertz CT molecular complexity index is 447. The van der Waals surface area contributed by atoms with Crippen molar-refractivity contribution >= 4 is 29.2 Å². The normalized spacial score (nSPS) is 18.2. The van der Waals surface area contributed by atoms with Crippen LogP contribution in [0, 0.1) is 12.8 Å². The van der Waals surface area contributed by atoms with Crippen LogP contribution < -0.4 is 11.1 Å². The first-order valence-corrected chi connectivity index (χ1v) is 8.32. The van der Waals surface area contributed by atoms with Crippen molar-refractivity contribution in [3.05, 3.63) is 5.82 Å². The summed E-state index contributed by atoms with van der Waals surface area (Å²) in [6.07, 6.45) is 3.15. The van der Waals surface area contributed by atoms with Gasteiger partial charge in [-0.1, -0.05) is 18.7 Å². The fraction of sp³-hybridized carbons (Fsp3) is 0.750. The molecule has 1 aliphatic rings. The van der Waals surface area contributed by atoms with E-state index in [4.69, 9.17) is 5.73 Å². The van der Waals surface area contributed by atoms with Crippen LogP contribution in [0.2, 0.25) is 0 Å². The van der Waals surface area contributed by atoms with Crippen molar-refractivity contribution in [3.63, 3.8) is 0 Å². The Labute approximate surface area is 121 Å². The molecule has 1 aromatic heterocycles. The second-order valence-electron chi connectivity index (χ2n) is 4.93. The number of carbonyl (C=O) groups is 1. The Balaban J connectivity index is 2.05. The fourth-order valence-electron chi connectivity index (χ4n) is 2.11. The number of rotatable bonds is 8. The molecular formula is C12H20N4OS2. The Hall–Kier alpha value is -0.660. The summed E-state index contributed by atoms with van der Waals surface area (Å²) < 4.78 is 5.06. The lowest BCUT2D eigenvalue weighted by Gasteiger charge is -2.31. The minimum Gasteiger partial charge on any atom is -0.368 e. The predicted octanol–water partition coefficient (Wildman–Crippen LogP) is 1.57. The van der Waals surface area contributed by atoms with E-state index < -0.39 is 5.54 Å². The van der Waals surface area contributed by atoms with Gasteiger partial charge in [-0.05, 0) is 50.2 Å². The molecule has 1 amide bonds. The van der Waals surface area contributed by atoms with Gasteiger partial charge in [0.05, 0.1) is 0 Å². The molecule has 0 radical (unpaired) electrons. The second-order valence-corrected chi connectivity index (χ2v) is 6.91. The molecule has 5 nitrogen and oxygen atoms in total. The van der Waals surface area contributed by atoms with Crippen LogP contribution in [0.4, 0.5) is 0 Å². The Morgan fingerprint density at radius 2 is 2.37 bits per heavy atom. The Morgan fingerprint density at radius 1 is 1.63 bits per heavy atom. The summed E-state index contributed by atoms with van der Waals surface area (Å²) in [4.78, 5) is 16.3. The maximum absolute atomic E-state index is 11.9. The van der Waals surface area contributed by atoms with Crippen LogP contribution in [0.15, 0.2) is 4.34 Å². The lowest BCUT2D eigenvalue weighted by molar-refractivity contribution is -0.124. The second kappa shape index (κ2) is 6.19. The minimum absolute atomic E-state index is 0.239. The topological polar surface area (TPSA) is 80.9 Å². The van der Waals surface area contributed by atoms with Crippen LogP contribution in [0.5, 0.6) is 0 Å². The molecule has 2 rings (SSSR count). The van der Waals surface area contributed by atoms with Crippen LogP contribution in [0.1, 0.15) is 32.0 Å². The number of carbonyl (C=O) groups excluding carboxylic acids is 1. The van der Waals surface area contributed by atoms with E-state index in [0.29, 0.717) is 11.7 Å². The number of amides is 1. The molecule has 0 bridgehead atoms. The first-order valence-electron chi connectivity index (χ1n) is 6.56. The van der Waals surface area contributed by atoms with Gasteiger partial charge in [-0.3, -0.25) is 4.79 Å². The van der Waals surface area contributed by atoms with Gasteiger partial charge < -0.3 is 11.1 Å². The van der Waals surface area contributed by atoms with Crippen LogP contribution in [0.25, 0.3) is 0 Å². The predicted molar refractivity (Wildman–Crippen MR) is 78.3 cm³/mol. The molecule has 1 heterocycles. The molecule has 1 aliphatic carbocycles. The maximum Gasteiger partial charge on any atom is 0.238 e. The number of aromatic nitrogens is 2. The summed E-state index contributed by atoms with van der Waals surface area (Å²) in [7, 11) is 0. The van der Waals surface area contributed by atoms with Gasteiger partial charge in [0, 0.05) is 5.75 Å². The van der Waals surface area contributed by atoms with E-state index in [2.05, 4.69) is 21.6 Å². The van der Waals surface area contributed by atoms with E-state index in [9.17, 15) is 4.79 Å². The van der Waals surface area contributed by atoms with E-state index in [-0.39, 0.29) is 5.91 Å². The van der Waals surface area contributed by atoms with Gasteiger partial charge in [-0.25, -0.2) is 4.98 Å². The Kier molecular flexibility index (Phi) is 4.81. The molecule has 1 saturated carbocycles. The highest BCUT2D eigenvalue weighted by Crippen LogP contribution is 2.42. The average Bonchev–Trinajstić information content (AvgIpc) is 3.13. The first-order chi connectivity index (χ1) is 9.08. The molecule has 0 spiro atoms. The summed E-state index contributed by atoms with van der Waals surface area (Å²) in [5.41, 5.74) is 5.09. The van der Waals surface area contributed by atoms with Gasteiger partial charge in [0.1, 0.15) is 11.4 Å². The van der Waals surface area contributed by atoms with Crippen molar-refractivity contribution in [1.82, 2.24) is 14.7 Å². The molecule has 106 valence electrons. The van der Waals surface area contributed by atoms with Crippen LogP contribution >= 0.6 is 23.3 Å². The molecule has 0 aromatic carbocycles. The van der Waals surface area contributed by atoms with Crippen molar-refractivity contribution in [3.8, 4) is 0 Å². The van der Waals surface area contributed by atoms with E-state index >= 15 is 0 Å². The first kappa shape index (κ1) is 14.7. The minimum atomic E-state index is -0.583. The highest BCUT2D eigenvalue weighted by molar-refractivity contribution is 8.01. The third-order valence-electron chi connectivity index (χ3n) is 3.34. The lowest BCUT2D eigenvalue weighted by atomic mass is 9.94. The number of nitrogens with one attached hydrogen (secondary N) is 1. The molecule has 1 unspecified atom stereocenters. The Morgan fingerprint density at radius 3 is 2.84 bits per heavy atom. The third-order valence-corrected chi connectivity index (χ3v) is 5.45. The van der Waals surface area contributed by atoms with Crippen molar-refractivity contribution in [2.24, 2.45) is 11.7 Å². The average molecular weight is 300 g/mol. The lowest BCUT2D eigenvalue weighted by Crippen LogP contribution is -2.59. The summed E-state index contributed by atoms with van der Waals surface area (Å²) in [5.74, 6) is 1.56. The standard InChI is InChI=1S/C12H20N4OS2/c1-3-6-14-12(10(13)17,9-4-5-9)7-18-11-15-8(2)16-19-11/h9,14H,3-7H2,1-2H3,(H2,13,17). The number of nitrogens with zero attached hydrogens (tertiary/aromatic N) is 2. The summed E-state index contributed by atoms with van der Waals surface area (Å²) in [6, 6.07) is 0. The van der Waals surface area contributed by atoms with Gasteiger partial charge in [-0.2, -0.15) is 4.37 Å². The molecule has 0 aliphatic heterocycles. The van der Waals surface area contributed by atoms with Crippen molar-refractivity contribution in [2.75, 3.05) is 12.3 Å². The molecule has 19 heavy (non-hydrogen) atoms. The molecule has 1 aromatic rings. The molecular weight excluding hydrogens is 280 g/mol. The van der Waals surface area contributed by atoms with Crippen LogP contribution in [0.3, 0.4) is 0 Å². The molecule has 7 heteroatoms. The van der Waals surface area contributed by atoms with Gasteiger partial charge in [0.15, 0.2) is 4.34 Å². The summed E-state index contributed by atoms with van der Waals surface area (Å²) in [5, 5.41) is 3.38. The summed E-state index contributed by atoms with van der Waals surface area (Å²) >= 11 is 2.96. The zero-order valence-corrected chi connectivity index (χ0v) is 12.9. The van der Waals surface area contributed by atoms with Crippen molar-refractivity contribution in [1.29, 1.82) is 0 Å². The molecule has 0 saturated heterocycles. The molecule has 3 N–H and O–H groups in total. The largest absolute Gasteiger partial charge is 0.368 e. The third kappa shape index (κ3) is 3.46. The van der Waals surface area contributed by atoms with E-state index in [0.717, 1.165) is 36.0 Å². The zero-order valence-electron chi connectivity index (χ0n) is 11.3. The monoisotopic (exact) mass is 300 g/mol. The van der Waals surface area contributed by atoms with E-state index in [1.165, 1.54) is 11.5 Å². The van der Waals surface area contributed by atoms with Gasteiger partial charge in [0.25, 0.3) is 0 Å². The highest BCUT2D eigenvalue weighted by Gasteiger charge is 2.49. The highest BCUT2D eigenvalue weighted by atomic mass is 32.2. The quantitative estimate of drug-likeness (QED) is 0.712. The van der Waals surface area contributed by atoms with Crippen LogP contribution in [-0.2, 0) is 4.79 Å². The van der Waals surface area contributed by atoms with Crippen LogP contribution in [-0.4, -0.2) is 33.1 Å². The summed E-state index contributed by atoms with van der Waals surface area (Å²) in [6.45, 7) is 4.78. The van der Waals surface area contributed by atoms with Crippen molar-refractivity contribution < 1.29 is 4.79 Å². The number of thioether (sulfide) groups is 1. The van der Waals surface area contributed by atoms with Gasteiger partial charge in [-0.15, -0.1) is 0 Å². The number of hydrogen-bond acceptors (Lipinski definition) is 6. The smallest absolute Gasteiger partial charge is 0.238 e. The maximum atomic E-state index is 11.9. The number of nitrogens with two attached hydrogens (primary N) is 1. The molecule has 1 fully saturated rings. The van der Waals surface area contributed by atoms with Gasteiger partial charge in [0.2, 0.25) is 5.91 Å². The number of primary amides is 1. The zero-order chi connectivity index (χ0) is 13.9. The van der Waals surface area contributed by atoms with E-state index in [1.54, 1.807) is 11.8 Å². The van der Waals surface area contributed by atoms with E-state index in [1.807, 2.05) is 6.92 Å². The fourth-order valence-corrected chi connectivity index (χ4v) is 4.06. The number of aryl methyl sites for hydroxylation is 1.